The molecule has 1 aliphatic rings. The van der Waals surface area contributed by atoms with Crippen molar-refractivity contribution in [2.24, 2.45) is 0 Å². The number of halogens is 1. The summed E-state index contributed by atoms with van der Waals surface area (Å²) in [5, 5.41) is 0.582. The first-order valence-corrected chi connectivity index (χ1v) is 9.67. The summed E-state index contributed by atoms with van der Waals surface area (Å²) >= 11 is 6.29. The average Bonchev–Trinajstić information content (AvgIpc) is 3.06. The quantitative estimate of drug-likeness (QED) is 0.712. The third-order valence-corrected chi connectivity index (χ3v) is 5.50. The second-order valence-electron chi connectivity index (χ2n) is 7.12. The SMILES string of the molecule is CC1CCCN1Cc1cccc(-c2nc(-c3ccccc3Cl)cc(=O)[nH]2)c1. The van der Waals surface area contributed by atoms with Gasteiger partial charge in [0.2, 0.25) is 0 Å². The van der Waals surface area contributed by atoms with Crippen molar-refractivity contribution in [2.45, 2.75) is 32.4 Å². The van der Waals surface area contributed by atoms with Gasteiger partial charge in [0.05, 0.1) is 5.69 Å². The van der Waals surface area contributed by atoms with Crippen LogP contribution in [-0.2, 0) is 6.54 Å². The lowest BCUT2D eigenvalue weighted by atomic mass is 10.1. The van der Waals surface area contributed by atoms with Gasteiger partial charge in [0.15, 0.2) is 0 Å². The number of aromatic nitrogens is 2. The Morgan fingerprint density at radius 3 is 2.81 bits per heavy atom. The number of hydrogen-bond donors (Lipinski definition) is 1. The first kappa shape index (κ1) is 18.0. The maximum atomic E-state index is 12.2. The average molecular weight is 380 g/mol. The zero-order valence-electron chi connectivity index (χ0n) is 15.3. The number of rotatable bonds is 4. The molecule has 1 unspecified atom stereocenters. The highest BCUT2D eigenvalue weighted by Gasteiger charge is 2.20. The summed E-state index contributed by atoms with van der Waals surface area (Å²) in [6.07, 6.45) is 2.52. The van der Waals surface area contributed by atoms with Gasteiger partial charge >= 0.3 is 0 Å². The third-order valence-electron chi connectivity index (χ3n) is 5.17. The lowest BCUT2D eigenvalue weighted by Gasteiger charge is -2.21. The largest absolute Gasteiger partial charge is 0.306 e. The van der Waals surface area contributed by atoms with Gasteiger partial charge in [0, 0.05) is 34.8 Å². The highest BCUT2D eigenvalue weighted by Crippen LogP contribution is 2.27. The van der Waals surface area contributed by atoms with E-state index in [1.54, 1.807) is 6.07 Å². The summed E-state index contributed by atoms with van der Waals surface area (Å²) < 4.78 is 0. The maximum Gasteiger partial charge on any atom is 0.251 e. The smallest absolute Gasteiger partial charge is 0.251 e. The van der Waals surface area contributed by atoms with Crippen molar-refractivity contribution in [3.8, 4) is 22.6 Å². The second kappa shape index (κ2) is 7.67. The standard InChI is InChI=1S/C22H22ClN3O/c1-15-6-5-11-26(15)14-16-7-4-8-17(12-16)22-24-20(13-21(27)25-22)18-9-2-3-10-19(18)23/h2-4,7-10,12-13,15H,5-6,11,14H2,1H3,(H,24,25,27). The van der Waals surface area contributed by atoms with E-state index >= 15 is 0 Å². The number of nitrogens with one attached hydrogen (secondary N) is 1. The monoisotopic (exact) mass is 379 g/mol. The molecule has 1 aromatic heterocycles. The normalized spacial score (nSPS) is 17.3. The van der Waals surface area contributed by atoms with Crippen LogP contribution in [0.25, 0.3) is 22.6 Å². The molecule has 2 aromatic carbocycles. The van der Waals surface area contributed by atoms with E-state index in [9.17, 15) is 4.79 Å². The van der Waals surface area contributed by atoms with Crippen LogP contribution < -0.4 is 5.56 Å². The van der Waals surface area contributed by atoms with Crippen molar-refractivity contribution in [3.05, 3.63) is 75.5 Å². The Hall–Kier alpha value is -2.43. The minimum absolute atomic E-state index is 0.187. The summed E-state index contributed by atoms with van der Waals surface area (Å²) in [6, 6.07) is 17.8. The molecule has 3 aromatic rings. The number of aromatic amines is 1. The molecule has 0 radical (unpaired) electrons. The molecule has 0 amide bonds. The number of benzene rings is 2. The highest BCUT2D eigenvalue weighted by molar-refractivity contribution is 6.33. The number of H-pyrrole nitrogens is 1. The van der Waals surface area contributed by atoms with Crippen molar-refractivity contribution in [1.29, 1.82) is 0 Å². The lowest BCUT2D eigenvalue weighted by molar-refractivity contribution is 0.260. The van der Waals surface area contributed by atoms with E-state index < -0.39 is 0 Å². The van der Waals surface area contributed by atoms with Gasteiger partial charge in [-0.1, -0.05) is 48.0 Å². The molecule has 4 rings (SSSR count). The van der Waals surface area contributed by atoms with E-state index in [-0.39, 0.29) is 5.56 Å². The highest BCUT2D eigenvalue weighted by atomic mass is 35.5. The molecule has 1 saturated heterocycles. The Morgan fingerprint density at radius 1 is 1.19 bits per heavy atom. The minimum Gasteiger partial charge on any atom is -0.306 e. The summed E-state index contributed by atoms with van der Waals surface area (Å²) in [5.41, 5.74) is 3.29. The van der Waals surface area contributed by atoms with Crippen LogP contribution in [0.3, 0.4) is 0 Å². The van der Waals surface area contributed by atoms with Gasteiger partial charge < -0.3 is 4.98 Å². The Kier molecular flexibility index (Phi) is 5.10. The van der Waals surface area contributed by atoms with Crippen molar-refractivity contribution < 1.29 is 0 Å². The molecule has 5 heteroatoms. The Balaban J connectivity index is 1.68. The molecule has 1 atom stereocenters. The van der Waals surface area contributed by atoms with Gasteiger partial charge in [-0.05, 0) is 44.0 Å². The van der Waals surface area contributed by atoms with Crippen LogP contribution in [0.15, 0.2) is 59.4 Å². The molecule has 2 heterocycles. The molecule has 0 bridgehead atoms. The Bertz CT molecular complexity index is 1010. The molecule has 1 fully saturated rings. The van der Waals surface area contributed by atoms with E-state index in [4.69, 9.17) is 11.6 Å². The predicted molar refractivity (Wildman–Crippen MR) is 110 cm³/mol. The van der Waals surface area contributed by atoms with E-state index in [2.05, 4.69) is 33.9 Å². The summed E-state index contributed by atoms with van der Waals surface area (Å²) in [6.45, 7) is 4.34. The fourth-order valence-corrected chi connectivity index (χ4v) is 3.91. The first-order valence-electron chi connectivity index (χ1n) is 9.30. The Morgan fingerprint density at radius 2 is 2.04 bits per heavy atom. The molecule has 1 aliphatic heterocycles. The van der Waals surface area contributed by atoms with Crippen molar-refractivity contribution >= 4 is 11.6 Å². The van der Waals surface area contributed by atoms with E-state index in [0.29, 0.717) is 22.6 Å². The van der Waals surface area contributed by atoms with Crippen LogP contribution in [0.2, 0.25) is 5.02 Å². The predicted octanol–water partition coefficient (Wildman–Crippen LogP) is 4.74. The van der Waals surface area contributed by atoms with Gasteiger partial charge in [0.25, 0.3) is 5.56 Å². The first-order chi connectivity index (χ1) is 13.1. The van der Waals surface area contributed by atoms with Crippen molar-refractivity contribution in [3.63, 3.8) is 0 Å². The topological polar surface area (TPSA) is 49.0 Å². The summed E-state index contributed by atoms with van der Waals surface area (Å²) in [7, 11) is 0. The molecular formula is C22H22ClN3O. The molecule has 27 heavy (non-hydrogen) atoms. The van der Waals surface area contributed by atoms with Crippen LogP contribution >= 0.6 is 11.6 Å². The summed E-state index contributed by atoms with van der Waals surface area (Å²) in [4.78, 5) is 22.3. The minimum atomic E-state index is -0.187. The molecular weight excluding hydrogens is 358 g/mol. The van der Waals surface area contributed by atoms with Gasteiger partial charge in [-0.25, -0.2) is 4.98 Å². The zero-order chi connectivity index (χ0) is 18.8. The Labute approximate surface area is 163 Å². The molecule has 0 saturated carbocycles. The lowest BCUT2D eigenvalue weighted by Crippen LogP contribution is -2.26. The van der Waals surface area contributed by atoms with Gasteiger partial charge in [-0.15, -0.1) is 0 Å². The molecule has 0 aliphatic carbocycles. The van der Waals surface area contributed by atoms with Crippen molar-refractivity contribution in [1.82, 2.24) is 14.9 Å². The van der Waals surface area contributed by atoms with Gasteiger partial charge in [-0.2, -0.15) is 0 Å². The molecule has 0 spiro atoms. The number of hydrogen-bond acceptors (Lipinski definition) is 3. The molecule has 4 nitrogen and oxygen atoms in total. The van der Waals surface area contributed by atoms with Crippen LogP contribution in [0.1, 0.15) is 25.3 Å². The molecule has 1 N–H and O–H groups in total. The van der Waals surface area contributed by atoms with Gasteiger partial charge in [0.1, 0.15) is 5.82 Å². The molecule has 138 valence electrons. The van der Waals surface area contributed by atoms with Crippen LogP contribution in [0.4, 0.5) is 0 Å². The van der Waals surface area contributed by atoms with Crippen molar-refractivity contribution in [2.75, 3.05) is 6.54 Å². The van der Waals surface area contributed by atoms with E-state index in [1.807, 2.05) is 30.3 Å². The van der Waals surface area contributed by atoms with Crippen LogP contribution in [0.5, 0.6) is 0 Å². The second-order valence-corrected chi connectivity index (χ2v) is 7.53. The summed E-state index contributed by atoms with van der Waals surface area (Å²) in [5.74, 6) is 0.564. The van der Waals surface area contributed by atoms with Crippen LogP contribution in [0, 0.1) is 0 Å². The zero-order valence-corrected chi connectivity index (χ0v) is 16.0. The third kappa shape index (κ3) is 3.97. The van der Waals surface area contributed by atoms with E-state index in [1.165, 1.54) is 24.5 Å². The fourth-order valence-electron chi connectivity index (χ4n) is 3.68. The van der Waals surface area contributed by atoms with Crippen LogP contribution in [-0.4, -0.2) is 27.5 Å². The van der Waals surface area contributed by atoms with E-state index in [0.717, 1.165) is 24.2 Å². The number of likely N-dealkylation sites (tertiary alicyclic amines) is 1. The fraction of sp³-hybridized carbons (Fsp3) is 0.273. The number of nitrogens with zero attached hydrogens (tertiary/aromatic N) is 2. The van der Waals surface area contributed by atoms with Gasteiger partial charge in [-0.3, -0.25) is 9.69 Å². The maximum absolute atomic E-state index is 12.2.